The Bertz CT molecular complexity index is 579. The van der Waals surface area contributed by atoms with Crippen LogP contribution in [0.4, 0.5) is 0 Å². The van der Waals surface area contributed by atoms with Crippen LogP contribution < -0.4 is 4.74 Å². The molecule has 2 heterocycles. The number of hydrogen-bond acceptors (Lipinski definition) is 4. The summed E-state index contributed by atoms with van der Waals surface area (Å²) in [5, 5.41) is 3.43. The molecule has 0 amide bonds. The second kappa shape index (κ2) is 4.85. The third-order valence-electron chi connectivity index (χ3n) is 4.50. The Labute approximate surface area is 123 Å². The molecule has 1 saturated carbocycles. The number of ether oxygens (including phenoxy) is 1. The molecule has 104 valence electrons. The van der Waals surface area contributed by atoms with Crippen LogP contribution in [-0.2, 0) is 0 Å². The van der Waals surface area contributed by atoms with Crippen molar-refractivity contribution in [3.8, 4) is 5.75 Å². The molecule has 1 aromatic rings. The molecule has 4 rings (SSSR count). The molecule has 0 radical (unpaired) electrons. The van der Waals surface area contributed by atoms with Crippen LogP contribution in [0.5, 0.6) is 5.75 Å². The Balaban J connectivity index is 1.62. The Hall–Kier alpha value is -1.42. The van der Waals surface area contributed by atoms with Gasteiger partial charge in [-0.3, -0.25) is 4.99 Å². The minimum atomic E-state index is 0.581. The fourth-order valence-electron chi connectivity index (χ4n) is 3.38. The van der Waals surface area contributed by atoms with Gasteiger partial charge in [0.1, 0.15) is 5.75 Å². The van der Waals surface area contributed by atoms with Gasteiger partial charge in [-0.25, -0.2) is 0 Å². The van der Waals surface area contributed by atoms with Crippen LogP contribution in [0.1, 0.15) is 24.8 Å². The largest absolute Gasteiger partial charge is 0.497 e. The van der Waals surface area contributed by atoms with Crippen molar-refractivity contribution < 1.29 is 4.74 Å². The van der Waals surface area contributed by atoms with Crippen LogP contribution in [-0.4, -0.2) is 29.8 Å². The number of amidine groups is 1. The summed E-state index contributed by atoms with van der Waals surface area (Å²) in [6.45, 7) is 1.13. The molecule has 0 spiro atoms. The highest BCUT2D eigenvalue weighted by Gasteiger charge is 2.37. The number of methoxy groups -OCH3 is 1. The van der Waals surface area contributed by atoms with Gasteiger partial charge in [-0.1, -0.05) is 18.2 Å². The molecule has 20 heavy (non-hydrogen) atoms. The predicted octanol–water partition coefficient (Wildman–Crippen LogP) is 3.58. The Morgan fingerprint density at radius 1 is 1.25 bits per heavy atom. The minimum Gasteiger partial charge on any atom is -0.497 e. The molecule has 2 aliphatic heterocycles. The van der Waals surface area contributed by atoms with Crippen molar-refractivity contribution in [1.29, 1.82) is 0 Å². The lowest BCUT2D eigenvalue weighted by Gasteiger charge is -2.32. The minimum absolute atomic E-state index is 0.581. The van der Waals surface area contributed by atoms with Crippen molar-refractivity contribution in [2.75, 3.05) is 13.7 Å². The number of thioether (sulfide) groups is 1. The summed E-state index contributed by atoms with van der Waals surface area (Å²) >= 11 is 1.77. The average molecular weight is 286 g/mol. The van der Waals surface area contributed by atoms with Gasteiger partial charge >= 0.3 is 0 Å². The van der Waals surface area contributed by atoms with Crippen LogP contribution in [0.25, 0.3) is 5.70 Å². The summed E-state index contributed by atoms with van der Waals surface area (Å²) in [6, 6.07) is 8.90. The van der Waals surface area contributed by atoms with Gasteiger partial charge in [-0.05, 0) is 48.6 Å². The fourth-order valence-corrected chi connectivity index (χ4v) is 4.35. The molecule has 0 bridgehead atoms. The van der Waals surface area contributed by atoms with Crippen LogP contribution in [0, 0.1) is 5.92 Å². The quantitative estimate of drug-likeness (QED) is 0.830. The predicted molar refractivity (Wildman–Crippen MR) is 83.8 cm³/mol. The van der Waals surface area contributed by atoms with E-state index in [1.807, 2.05) is 12.1 Å². The van der Waals surface area contributed by atoms with E-state index >= 15 is 0 Å². The summed E-state index contributed by atoms with van der Waals surface area (Å²) in [7, 11) is 1.70. The molecule has 1 fully saturated rings. The summed E-state index contributed by atoms with van der Waals surface area (Å²) in [5.74, 6) is 1.66. The highest BCUT2D eigenvalue weighted by atomic mass is 32.2. The van der Waals surface area contributed by atoms with Crippen molar-refractivity contribution >= 4 is 22.6 Å². The molecule has 4 heteroatoms. The van der Waals surface area contributed by atoms with Gasteiger partial charge in [0.25, 0.3) is 0 Å². The molecule has 3 aliphatic rings. The molecular formula is C16H18N2OS. The zero-order valence-electron chi connectivity index (χ0n) is 11.6. The maximum atomic E-state index is 5.23. The van der Waals surface area contributed by atoms with Crippen LogP contribution in [0.15, 0.2) is 34.7 Å². The highest BCUT2D eigenvalue weighted by Crippen LogP contribution is 2.41. The topological polar surface area (TPSA) is 24.8 Å². The maximum absolute atomic E-state index is 5.23. The van der Waals surface area contributed by atoms with Crippen LogP contribution >= 0.6 is 11.8 Å². The smallest absolute Gasteiger partial charge is 0.168 e. The van der Waals surface area contributed by atoms with Gasteiger partial charge in [0.15, 0.2) is 5.17 Å². The fraction of sp³-hybridized carbons (Fsp3) is 0.438. The molecule has 3 nitrogen and oxygen atoms in total. The van der Waals surface area contributed by atoms with Crippen LogP contribution in [0.3, 0.4) is 0 Å². The van der Waals surface area contributed by atoms with E-state index in [1.54, 1.807) is 18.9 Å². The van der Waals surface area contributed by atoms with E-state index in [-0.39, 0.29) is 0 Å². The number of hydrogen-bond donors (Lipinski definition) is 0. The number of rotatable bonds is 2. The first-order valence-corrected chi connectivity index (χ1v) is 8.10. The van der Waals surface area contributed by atoms with Gasteiger partial charge < -0.3 is 9.64 Å². The summed E-state index contributed by atoms with van der Waals surface area (Å²) < 4.78 is 5.23. The average Bonchev–Trinajstić information content (AvgIpc) is 3.10. The number of aliphatic imine (C=N–C) groups is 1. The zero-order valence-corrected chi connectivity index (χ0v) is 12.4. The first-order chi connectivity index (χ1) is 9.85. The lowest BCUT2D eigenvalue weighted by Crippen LogP contribution is -2.37. The van der Waals surface area contributed by atoms with E-state index in [0.717, 1.165) is 18.2 Å². The number of benzene rings is 1. The van der Waals surface area contributed by atoms with E-state index in [9.17, 15) is 0 Å². The molecule has 2 atom stereocenters. The van der Waals surface area contributed by atoms with E-state index in [1.165, 1.54) is 35.7 Å². The number of nitrogens with zero attached hydrogens (tertiary/aromatic N) is 2. The Morgan fingerprint density at radius 3 is 2.90 bits per heavy atom. The first-order valence-electron chi connectivity index (χ1n) is 7.22. The molecule has 0 aromatic heterocycles. The van der Waals surface area contributed by atoms with Gasteiger partial charge in [0.05, 0.1) is 18.8 Å². The van der Waals surface area contributed by atoms with Gasteiger partial charge in [-0.2, -0.15) is 0 Å². The lowest BCUT2D eigenvalue weighted by atomic mass is 10.0. The standard InChI is InChI=1S/C16H18N2OS/c1-19-13-7-5-11(6-8-13)15-10-20-16-17-14-4-2-3-12(14)9-18(15)16/h5-8,10,12,14H,2-4,9H2,1H3. The second-order valence-electron chi connectivity index (χ2n) is 5.63. The van der Waals surface area contributed by atoms with Crippen molar-refractivity contribution in [3.63, 3.8) is 0 Å². The number of fused-ring (bicyclic) bond motifs is 2. The van der Waals surface area contributed by atoms with Gasteiger partial charge in [0, 0.05) is 12.0 Å². The summed E-state index contributed by atoms with van der Waals surface area (Å²) in [6.07, 6.45) is 3.95. The van der Waals surface area contributed by atoms with Gasteiger partial charge in [0.2, 0.25) is 0 Å². The molecule has 1 aromatic carbocycles. The molecule has 0 saturated heterocycles. The van der Waals surface area contributed by atoms with Crippen LogP contribution in [0.2, 0.25) is 0 Å². The summed E-state index contributed by atoms with van der Waals surface area (Å²) in [4.78, 5) is 7.35. The SMILES string of the molecule is COc1ccc(C2=CSC3=NC4CCCC4CN23)cc1. The zero-order chi connectivity index (χ0) is 13.5. The lowest BCUT2D eigenvalue weighted by molar-refractivity contribution is 0.371. The van der Waals surface area contributed by atoms with Crippen molar-refractivity contribution in [3.05, 3.63) is 35.2 Å². The summed E-state index contributed by atoms with van der Waals surface area (Å²) in [5.41, 5.74) is 2.54. The van der Waals surface area contributed by atoms with E-state index in [4.69, 9.17) is 9.73 Å². The van der Waals surface area contributed by atoms with Crippen molar-refractivity contribution in [1.82, 2.24) is 4.90 Å². The maximum Gasteiger partial charge on any atom is 0.168 e. The monoisotopic (exact) mass is 286 g/mol. The third-order valence-corrected chi connectivity index (χ3v) is 5.37. The molecule has 1 aliphatic carbocycles. The first kappa shape index (κ1) is 12.3. The van der Waals surface area contributed by atoms with E-state index < -0.39 is 0 Å². The Kier molecular flexibility index (Phi) is 2.99. The highest BCUT2D eigenvalue weighted by molar-refractivity contribution is 8.16. The van der Waals surface area contributed by atoms with E-state index in [0.29, 0.717) is 6.04 Å². The Morgan fingerprint density at radius 2 is 2.10 bits per heavy atom. The molecule has 2 unspecified atom stereocenters. The van der Waals surface area contributed by atoms with Crippen molar-refractivity contribution in [2.24, 2.45) is 10.9 Å². The van der Waals surface area contributed by atoms with Gasteiger partial charge in [-0.15, -0.1) is 0 Å². The normalized spacial score (nSPS) is 27.8. The second-order valence-corrected chi connectivity index (χ2v) is 6.47. The van der Waals surface area contributed by atoms with Crippen molar-refractivity contribution in [2.45, 2.75) is 25.3 Å². The molecular weight excluding hydrogens is 268 g/mol. The van der Waals surface area contributed by atoms with E-state index in [2.05, 4.69) is 22.4 Å². The molecule has 0 N–H and O–H groups in total. The third kappa shape index (κ3) is 1.94.